The van der Waals surface area contributed by atoms with Gasteiger partial charge in [-0.2, -0.15) is 10.2 Å². The maximum absolute atomic E-state index is 5.93. The second-order valence-corrected chi connectivity index (χ2v) is 7.99. The Balaban J connectivity index is 1.26. The van der Waals surface area contributed by atoms with Gasteiger partial charge in [-0.15, -0.1) is 0 Å². The Morgan fingerprint density at radius 1 is 1.00 bits per heavy atom. The van der Waals surface area contributed by atoms with Gasteiger partial charge >= 0.3 is 0 Å². The number of aryl methyl sites for hydroxylation is 1. The molecule has 0 radical (unpaired) electrons. The fourth-order valence-corrected chi connectivity index (χ4v) is 3.38. The first-order valence-electron chi connectivity index (χ1n) is 10.2. The number of aromatic nitrogens is 4. The van der Waals surface area contributed by atoms with Crippen molar-refractivity contribution in [3.05, 3.63) is 89.3 Å². The molecular weight excluding hydrogens is 444 g/mol. The first-order chi connectivity index (χ1) is 15.6. The van der Waals surface area contributed by atoms with Crippen LogP contribution in [0.4, 0.5) is 11.5 Å². The minimum Gasteiger partial charge on any atom is -0.471 e. The van der Waals surface area contributed by atoms with Gasteiger partial charge in [0.2, 0.25) is 0 Å². The van der Waals surface area contributed by atoms with Gasteiger partial charge in [0.25, 0.3) is 0 Å². The van der Waals surface area contributed by atoms with Crippen LogP contribution >= 0.6 is 23.8 Å². The zero-order valence-corrected chi connectivity index (χ0v) is 19.1. The number of ether oxygens (including phenoxy) is 1. The molecule has 0 atom stereocenters. The van der Waals surface area contributed by atoms with Gasteiger partial charge in [-0.25, -0.2) is 4.68 Å². The Morgan fingerprint density at radius 3 is 2.50 bits per heavy atom. The van der Waals surface area contributed by atoms with E-state index in [0.717, 1.165) is 23.4 Å². The molecule has 4 rings (SSSR count). The Kier molecular flexibility index (Phi) is 7.03. The van der Waals surface area contributed by atoms with E-state index in [0.29, 0.717) is 29.2 Å². The van der Waals surface area contributed by atoms with E-state index in [9.17, 15) is 0 Å². The van der Waals surface area contributed by atoms with Gasteiger partial charge in [0.15, 0.2) is 17.7 Å². The topological polar surface area (TPSA) is 68.9 Å². The second-order valence-electron chi connectivity index (χ2n) is 7.14. The van der Waals surface area contributed by atoms with Crippen molar-refractivity contribution in [2.24, 2.45) is 0 Å². The zero-order valence-electron chi connectivity index (χ0n) is 17.5. The molecule has 0 amide bonds. The van der Waals surface area contributed by atoms with Gasteiger partial charge in [-0.05, 0) is 54.0 Å². The van der Waals surface area contributed by atoms with Crippen molar-refractivity contribution in [3.63, 3.8) is 0 Å². The van der Waals surface area contributed by atoms with E-state index in [1.165, 1.54) is 5.56 Å². The molecule has 0 saturated heterocycles. The summed E-state index contributed by atoms with van der Waals surface area (Å²) in [6, 6.07) is 17.6. The number of anilines is 2. The first kappa shape index (κ1) is 21.9. The number of hydrogen-bond acceptors (Lipinski definition) is 4. The predicted octanol–water partition coefficient (Wildman–Crippen LogP) is 5.19. The minimum absolute atomic E-state index is 0.308. The number of halogens is 1. The average Bonchev–Trinajstić information content (AvgIpc) is 3.43. The van der Waals surface area contributed by atoms with E-state index in [1.54, 1.807) is 10.9 Å². The lowest BCUT2D eigenvalue weighted by Gasteiger charge is -2.07. The second kappa shape index (κ2) is 10.3. The molecule has 0 unspecified atom stereocenters. The fraction of sp³-hybridized carbons (Fsp3) is 0.174. The SMILES string of the molecule is CCc1ccc(OCn2cc(NC(=S)Nc3ccn(Cc4ccc(Cl)cc4)n3)cn2)cc1. The van der Waals surface area contributed by atoms with Gasteiger partial charge in [0, 0.05) is 17.3 Å². The van der Waals surface area contributed by atoms with Crippen molar-refractivity contribution in [1.82, 2.24) is 19.6 Å². The summed E-state index contributed by atoms with van der Waals surface area (Å²) in [5, 5.41) is 16.1. The van der Waals surface area contributed by atoms with Crippen LogP contribution < -0.4 is 15.4 Å². The quantitative estimate of drug-likeness (QED) is 0.348. The number of rotatable bonds is 8. The lowest BCUT2D eigenvalue weighted by atomic mass is 10.2. The molecule has 2 aromatic heterocycles. The molecule has 2 heterocycles. The number of hydrogen-bond donors (Lipinski definition) is 2. The number of nitrogens with one attached hydrogen (secondary N) is 2. The summed E-state index contributed by atoms with van der Waals surface area (Å²) in [6.07, 6.45) is 6.41. The monoisotopic (exact) mass is 466 g/mol. The van der Waals surface area contributed by atoms with Crippen molar-refractivity contribution in [2.75, 3.05) is 10.6 Å². The van der Waals surface area contributed by atoms with Crippen molar-refractivity contribution >= 4 is 40.4 Å². The van der Waals surface area contributed by atoms with Crippen LogP contribution in [0.5, 0.6) is 5.75 Å². The summed E-state index contributed by atoms with van der Waals surface area (Å²) >= 11 is 11.3. The number of thiocarbonyl (C=S) groups is 1. The molecule has 0 aliphatic carbocycles. The lowest BCUT2D eigenvalue weighted by Crippen LogP contribution is -2.19. The molecule has 0 aliphatic rings. The standard InChI is InChI=1S/C23H23ClN6OS/c1-2-17-5-9-21(10-6-17)31-16-30-15-20(13-25-30)26-23(32)27-22-11-12-29(28-22)14-18-3-7-19(24)8-4-18/h3-13,15H,2,14,16H2,1H3,(H2,26,27,28,32). The van der Waals surface area contributed by atoms with Gasteiger partial charge in [-0.3, -0.25) is 4.68 Å². The highest BCUT2D eigenvalue weighted by Crippen LogP contribution is 2.14. The van der Waals surface area contributed by atoms with Crippen molar-refractivity contribution in [2.45, 2.75) is 26.6 Å². The van der Waals surface area contributed by atoms with E-state index >= 15 is 0 Å². The summed E-state index contributed by atoms with van der Waals surface area (Å²) < 4.78 is 9.29. The summed E-state index contributed by atoms with van der Waals surface area (Å²) in [5.41, 5.74) is 3.15. The number of nitrogens with zero attached hydrogens (tertiary/aromatic N) is 4. The average molecular weight is 467 g/mol. The van der Waals surface area contributed by atoms with Gasteiger partial charge in [-0.1, -0.05) is 42.8 Å². The number of benzene rings is 2. The van der Waals surface area contributed by atoms with Crippen LogP contribution in [0.1, 0.15) is 18.1 Å². The van der Waals surface area contributed by atoms with E-state index in [2.05, 4.69) is 39.9 Å². The first-order valence-corrected chi connectivity index (χ1v) is 11.0. The maximum Gasteiger partial charge on any atom is 0.180 e. The molecule has 0 bridgehead atoms. The van der Waals surface area contributed by atoms with Crippen LogP contribution in [0.15, 0.2) is 73.2 Å². The molecule has 2 aromatic carbocycles. The Hall–Kier alpha value is -3.36. The van der Waals surface area contributed by atoms with Crippen LogP contribution in [0.2, 0.25) is 5.02 Å². The maximum atomic E-state index is 5.93. The molecule has 2 N–H and O–H groups in total. The highest BCUT2D eigenvalue weighted by Gasteiger charge is 2.05. The Bertz CT molecular complexity index is 1170. The molecule has 0 spiro atoms. The molecular formula is C23H23ClN6OS. The van der Waals surface area contributed by atoms with Gasteiger partial charge < -0.3 is 15.4 Å². The fourth-order valence-electron chi connectivity index (χ4n) is 3.03. The predicted molar refractivity (Wildman–Crippen MR) is 131 cm³/mol. The van der Waals surface area contributed by atoms with Crippen LogP contribution in [-0.2, 0) is 19.7 Å². The van der Waals surface area contributed by atoms with Crippen molar-refractivity contribution in [1.29, 1.82) is 0 Å². The van der Waals surface area contributed by atoms with E-state index in [-0.39, 0.29) is 0 Å². The minimum atomic E-state index is 0.308. The summed E-state index contributed by atoms with van der Waals surface area (Å²) in [7, 11) is 0. The van der Waals surface area contributed by atoms with Gasteiger partial charge in [0.05, 0.1) is 24.6 Å². The third kappa shape index (κ3) is 6.09. The summed E-state index contributed by atoms with van der Waals surface area (Å²) in [4.78, 5) is 0. The van der Waals surface area contributed by atoms with Crippen molar-refractivity contribution < 1.29 is 4.74 Å². The van der Waals surface area contributed by atoms with Crippen LogP contribution in [-0.4, -0.2) is 24.7 Å². The normalized spacial score (nSPS) is 10.7. The highest BCUT2D eigenvalue weighted by atomic mass is 35.5. The molecule has 9 heteroatoms. The summed E-state index contributed by atoms with van der Waals surface area (Å²) in [6.45, 7) is 3.08. The van der Waals surface area contributed by atoms with Crippen LogP contribution in [0.3, 0.4) is 0 Å². The molecule has 0 saturated carbocycles. The molecule has 7 nitrogen and oxygen atoms in total. The Labute approximate surface area is 197 Å². The third-order valence-electron chi connectivity index (χ3n) is 4.73. The lowest BCUT2D eigenvalue weighted by molar-refractivity contribution is 0.221. The smallest absolute Gasteiger partial charge is 0.180 e. The van der Waals surface area contributed by atoms with E-state index in [1.807, 2.05) is 59.5 Å². The van der Waals surface area contributed by atoms with E-state index < -0.39 is 0 Å². The largest absolute Gasteiger partial charge is 0.471 e. The highest BCUT2D eigenvalue weighted by molar-refractivity contribution is 7.80. The molecule has 32 heavy (non-hydrogen) atoms. The zero-order chi connectivity index (χ0) is 22.3. The molecule has 164 valence electrons. The van der Waals surface area contributed by atoms with Crippen LogP contribution in [0, 0.1) is 0 Å². The van der Waals surface area contributed by atoms with Crippen molar-refractivity contribution in [3.8, 4) is 5.75 Å². The van der Waals surface area contributed by atoms with Crippen LogP contribution in [0.25, 0.3) is 0 Å². The Morgan fingerprint density at radius 2 is 1.75 bits per heavy atom. The molecule has 4 aromatic rings. The molecule has 0 fully saturated rings. The third-order valence-corrected chi connectivity index (χ3v) is 5.18. The van der Waals surface area contributed by atoms with E-state index in [4.69, 9.17) is 28.6 Å². The van der Waals surface area contributed by atoms with Gasteiger partial charge in [0.1, 0.15) is 5.75 Å². The molecule has 0 aliphatic heterocycles. The summed E-state index contributed by atoms with van der Waals surface area (Å²) in [5.74, 6) is 1.46.